The average Bonchev–Trinajstić information content (AvgIpc) is 3.09. The van der Waals surface area contributed by atoms with Gasteiger partial charge < -0.3 is 19.1 Å². The van der Waals surface area contributed by atoms with Crippen molar-refractivity contribution in [3.05, 3.63) is 59.2 Å². The van der Waals surface area contributed by atoms with Gasteiger partial charge in [0.1, 0.15) is 18.1 Å². The number of fused-ring (bicyclic) bond motifs is 1. The summed E-state index contributed by atoms with van der Waals surface area (Å²) in [6.45, 7) is 2.28. The standard InChI is InChI=1S/C26H30ClNO5/c1-2-3-4-5-6-7-8-19-9-11-21(12-10-19)32-18-20(29)16-28-17-24(27)23-15-22(33-26(30)31)13-14-25(23)28/h9-15,17H,2-8,16,18H2,1H3,(H,30,31). The Morgan fingerprint density at radius 2 is 1.67 bits per heavy atom. The SMILES string of the molecule is CCCCCCCCc1ccc(OCC(=O)Cn2cc(Cl)c3cc(OC(=O)O)ccc32)cc1. The molecule has 0 fully saturated rings. The Labute approximate surface area is 199 Å². The largest absolute Gasteiger partial charge is 0.511 e. The lowest BCUT2D eigenvalue weighted by molar-refractivity contribution is -0.121. The average molecular weight is 472 g/mol. The molecule has 0 saturated heterocycles. The van der Waals surface area contributed by atoms with Gasteiger partial charge in [-0.15, -0.1) is 0 Å². The molecule has 176 valence electrons. The maximum absolute atomic E-state index is 12.5. The fraction of sp³-hybridized carbons (Fsp3) is 0.385. The number of benzene rings is 2. The van der Waals surface area contributed by atoms with Crippen LogP contribution in [0.3, 0.4) is 0 Å². The Balaban J connectivity index is 1.48. The minimum Gasteiger partial charge on any atom is -0.486 e. The fourth-order valence-electron chi connectivity index (χ4n) is 3.79. The van der Waals surface area contributed by atoms with Crippen molar-refractivity contribution >= 4 is 34.4 Å². The van der Waals surface area contributed by atoms with Gasteiger partial charge in [-0.05, 0) is 48.7 Å². The molecule has 0 saturated carbocycles. The van der Waals surface area contributed by atoms with Crippen LogP contribution in [0.15, 0.2) is 48.7 Å². The van der Waals surface area contributed by atoms with Crippen molar-refractivity contribution in [1.82, 2.24) is 4.57 Å². The zero-order valence-electron chi connectivity index (χ0n) is 18.9. The minimum absolute atomic E-state index is 0.0473. The molecule has 6 nitrogen and oxygen atoms in total. The molecular formula is C26H30ClNO5. The van der Waals surface area contributed by atoms with Crippen molar-refractivity contribution in [1.29, 1.82) is 0 Å². The van der Waals surface area contributed by atoms with Crippen LogP contribution in [0, 0.1) is 0 Å². The lowest BCUT2D eigenvalue weighted by Gasteiger charge is -2.09. The first-order chi connectivity index (χ1) is 16.0. The van der Waals surface area contributed by atoms with Crippen LogP contribution in [0.25, 0.3) is 10.9 Å². The van der Waals surface area contributed by atoms with E-state index >= 15 is 0 Å². The van der Waals surface area contributed by atoms with Gasteiger partial charge in [0.25, 0.3) is 0 Å². The smallest absolute Gasteiger partial charge is 0.486 e. The second kappa shape index (κ2) is 12.3. The number of nitrogens with zero attached hydrogens (tertiary/aromatic N) is 1. The molecule has 3 rings (SSSR count). The third-order valence-corrected chi connectivity index (χ3v) is 5.80. The summed E-state index contributed by atoms with van der Waals surface area (Å²) >= 11 is 6.26. The van der Waals surface area contributed by atoms with E-state index in [1.54, 1.807) is 16.8 Å². The maximum atomic E-state index is 12.5. The van der Waals surface area contributed by atoms with E-state index in [-0.39, 0.29) is 24.7 Å². The predicted molar refractivity (Wildman–Crippen MR) is 130 cm³/mol. The molecule has 0 aliphatic carbocycles. The molecule has 0 atom stereocenters. The van der Waals surface area contributed by atoms with Crippen molar-refractivity contribution in [3.63, 3.8) is 0 Å². The number of halogens is 1. The van der Waals surface area contributed by atoms with Gasteiger partial charge in [0, 0.05) is 11.6 Å². The first kappa shape index (κ1) is 24.6. The minimum atomic E-state index is -1.40. The van der Waals surface area contributed by atoms with E-state index in [0.717, 1.165) is 6.42 Å². The number of carbonyl (C=O) groups excluding carboxylic acids is 1. The Bertz CT molecular complexity index is 1070. The van der Waals surface area contributed by atoms with Gasteiger partial charge in [-0.3, -0.25) is 4.79 Å². The Morgan fingerprint density at radius 3 is 2.39 bits per heavy atom. The van der Waals surface area contributed by atoms with E-state index in [4.69, 9.17) is 21.4 Å². The number of hydrogen-bond donors (Lipinski definition) is 1. The molecule has 7 heteroatoms. The zero-order chi connectivity index (χ0) is 23.6. The number of rotatable bonds is 13. The summed E-state index contributed by atoms with van der Waals surface area (Å²) in [7, 11) is 0. The van der Waals surface area contributed by atoms with E-state index < -0.39 is 6.16 Å². The maximum Gasteiger partial charge on any atom is 0.511 e. The van der Waals surface area contributed by atoms with Crippen LogP contribution in [-0.2, 0) is 17.8 Å². The van der Waals surface area contributed by atoms with Crippen LogP contribution in [0.5, 0.6) is 11.5 Å². The van der Waals surface area contributed by atoms with Crippen molar-refractivity contribution in [2.45, 2.75) is 58.4 Å². The molecule has 0 bridgehead atoms. The highest BCUT2D eigenvalue weighted by Gasteiger charge is 2.13. The molecule has 0 aliphatic rings. The number of carboxylic acid groups (broad SMARTS) is 1. The van der Waals surface area contributed by atoms with E-state index in [1.807, 2.05) is 12.1 Å². The highest BCUT2D eigenvalue weighted by molar-refractivity contribution is 6.35. The number of hydrogen-bond acceptors (Lipinski definition) is 4. The molecule has 1 heterocycles. The second-order valence-corrected chi connectivity index (χ2v) is 8.55. The molecule has 0 aliphatic heterocycles. The third-order valence-electron chi connectivity index (χ3n) is 5.50. The number of ether oxygens (including phenoxy) is 2. The van der Waals surface area contributed by atoms with Gasteiger partial charge in [-0.25, -0.2) is 4.79 Å². The van der Waals surface area contributed by atoms with Gasteiger partial charge in [0.05, 0.1) is 17.1 Å². The monoisotopic (exact) mass is 471 g/mol. The van der Waals surface area contributed by atoms with Crippen molar-refractivity contribution < 1.29 is 24.2 Å². The summed E-state index contributed by atoms with van der Waals surface area (Å²) in [5, 5.41) is 9.78. The van der Waals surface area contributed by atoms with E-state index in [2.05, 4.69) is 23.8 Å². The molecule has 0 radical (unpaired) electrons. The first-order valence-electron chi connectivity index (χ1n) is 11.4. The summed E-state index contributed by atoms with van der Waals surface area (Å²) in [4.78, 5) is 23.2. The highest BCUT2D eigenvalue weighted by Crippen LogP contribution is 2.29. The van der Waals surface area contributed by atoms with Gasteiger partial charge in [-0.1, -0.05) is 62.8 Å². The lowest BCUT2D eigenvalue weighted by Crippen LogP contribution is -2.17. The predicted octanol–water partition coefficient (Wildman–Crippen LogP) is 6.90. The Hall–Kier alpha value is -2.99. The molecule has 2 aromatic carbocycles. The number of unbranched alkanes of at least 4 members (excludes halogenated alkanes) is 5. The normalized spacial score (nSPS) is 11.0. The van der Waals surface area contributed by atoms with Crippen LogP contribution in [0.4, 0.5) is 4.79 Å². The van der Waals surface area contributed by atoms with Gasteiger partial charge in [0.2, 0.25) is 0 Å². The number of Topliss-reactive ketones (excluding diaryl/α,β-unsaturated/α-hetero) is 1. The summed E-state index contributed by atoms with van der Waals surface area (Å²) < 4.78 is 12.1. The molecule has 0 unspecified atom stereocenters. The third kappa shape index (κ3) is 7.53. The van der Waals surface area contributed by atoms with E-state index in [1.165, 1.54) is 56.2 Å². The van der Waals surface area contributed by atoms with Crippen LogP contribution in [0.1, 0.15) is 51.0 Å². The molecule has 1 aromatic heterocycles. The van der Waals surface area contributed by atoms with Crippen molar-refractivity contribution in [3.8, 4) is 11.5 Å². The number of aromatic nitrogens is 1. The number of ketones is 1. The van der Waals surface area contributed by atoms with Crippen LogP contribution in [0.2, 0.25) is 5.02 Å². The van der Waals surface area contributed by atoms with E-state index in [9.17, 15) is 9.59 Å². The molecular weight excluding hydrogens is 442 g/mol. The topological polar surface area (TPSA) is 77.8 Å². The highest BCUT2D eigenvalue weighted by atomic mass is 35.5. The quantitative estimate of drug-likeness (QED) is 0.166. The summed E-state index contributed by atoms with van der Waals surface area (Å²) in [6.07, 6.45) is 8.98. The van der Waals surface area contributed by atoms with Crippen LogP contribution in [-0.4, -0.2) is 28.2 Å². The van der Waals surface area contributed by atoms with Gasteiger partial charge in [0.15, 0.2) is 5.78 Å². The second-order valence-electron chi connectivity index (χ2n) is 8.14. The van der Waals surface area contributed by atoms with E-state index in [0.29, 0.717) is 21.7 Å². The number of carbonyl (C=O) groups is 2. The summed E-state index contributed by atoms with van der Waals surface area (Å²) in [5.74, 6) is 0.732. The van der Waals surface area contributed by atoms with Gasteiger partial charge in [-0.2, -0.15) is 0 Å². The summed E-state index contributed by atoms with van der Waals surface area (Å²) in [6, 6.07) is 12.7. The number of aryl methyl sites for hydroxylation is 1. The fourth-order valence-corrected chi connectivity index (χ4v) is 4.06. The van der Waals surface area contributed by atoms with Crippen molar-refractivity contribution in [2.75, 3.05) is 6.61 Å². The Morgan fingerprint density at radius 1 is 0.970 bits per heavy atom. The zero-order valence-corrected chi connectivity index (χ0v) is 19.6. The van der Waals surface area contributed by atoms with Crippen molar-refractivity contribution in [2.24, 2.45) is 0 Å². The van der Waals surface area contributed by atoms with Crippen LogP contribution < -0.4 is 9.47 Å². The summed E-state index contributed by atoms with van der Waals surface area (Å²) in [5.41, 5.74) is 1.99. The molecule has 0 spiro atoms. The first-order valence-corrected chi connectivity index (χ1v) is 11.8. The van der Waals surface area contributed by atoms with Crippen LogP contribution >= 0.6 is 11.6 Å². The molecule has 0 amide bonds. The van der Waals surface area contributed by atoms with Gasteiger partial charge >= 0.3 is 6.16 Å². The lowest BCUT2D eigenvalue weighted by atomic mass is 10.0. The molecule has 3 aromatic rings. The Kier molecular flexibility index (Phi) is 9.19. The molecule has 1 N–H and O–H groups in total. The molecule has 33 heavy (non-hydrogen) atoms.